The molecule has 0 spiro atoms. The lowest BCUT2D eigenvalue weighted by molar-refractivity contribution is -0.902. The Kier molecular flexibility index (Phi) is 6.25. The van der Waals surface area contributed by atoms with Crippen LogP contribution in [0, 0.1) is 5.92 Å². The van der Waals surface area contributed by atoms with Crippen molar-refractivity contribution in [2.24, 2.45) is 5.92 Å². The topological polar surface area (TPSA) is 59.3 Å². The summed E-state index contributed by atoms with van der Waals surface area (Å²) in [5.74, 6) is 1.04. The average molecular weight is 315 g/mol. The fraction of sp³-hybridized carbons (Fsp3) is 0.769. The van der Waals surface area contributed by atoms with Gasteiger partial charge in [-0.3, -0.25) is 4.79 Å². The number of piperidine rings is 1. The highest BCUT2D eigenvalue weighted by Gasteiger charge is 2.14. The highest BCUT2D eigenvalue weighted by molar-refractivity contribution is 8.01. The molecule has 2 heterocycles. The number of rotatable bonds is 6. The van der Waals surface area contributed by atoms with Gasteiger partial charge in [0.15, 0.2) is 4.34 Å². The van der Waals surface area contributed by atoms with Gasteiger partial charge in [-0.1, -0.05) is 36.9 Å². The van der Waals surface area contributed by atoms with Crippen molar-refractivity contribution in [3.63, 3.8) is 0 Å². The molecule has 20 heavy (non-hydrogen) atoms. The Labute approximate surface area is 128 Å². The molecule has 1 amide bonds. The maximum Gasteiger partial charge on any atom is 0.228 e. The predicted molar refractivity (Wildman–Crippen MR) is 83.5 cm³/mol. The second-order valence-corrected chi connectivity index (χ2v) is 7.75. The van der Waals surface area contributed by atoms with Gasteiger partial charge in [0.2, 0.25) is 11.0 Å². The van der Waals surface area contributed by atoms with Crippen molar-refractivity contribution in [3.05, 3.63) is 0 Å². The summed E-state index contributed by atoms with van der Waals surface area (Å²) in [5.41, 5.74) is 0. The highest BCUT2D eigenvalue weighted by Crippen LogP contribution is 2.25. The van der Waals surface area contributed by atoms with Gasteiger partial charge in [0.05, 0.1) is 19.6 Å². The molecule has 2 N–H and O–H groups in total. The number of hydrogen-bond acceptors (Lipinski definition) is 5. The minimum atomic E-state index is -0.0299. The summed E-state index contributed by atoms with van der Waals surface area (Å²) in [6, 6.07) is 0. The molecule has 1 aliphatic rings. The third-order valence-electron chi connectivity index (χ3n) is 3.40. The van der Waals surface area contributed by atoms with Gasteiger partial charge in [0.25, 0.3) is 0 Å². The zero-order valence-electron chi connectivity index (χ0n) is 12.1. The van der Waals surface area contributed by atoms with E-state index in [0.29, 0.717) is 5.13 Å². The molecule has 0 bridgehead atoms. The number of quaternary nitrogens is 1. The number of likely N-dealkylation sites (tertiary alicyclic amines) is 1. The normalized spacial score (nSPS) is 16.6. The van der Waals surface area contributed by atoms with E-state index in [1.54, 1.807) is 16.7 Å². The maximum absolute atomic E-state index is 11.6. The fourth-order valence-electron chi connectivity index (χ4n) is 2.15. The Morgan fingerprint density at radius 2 is 2.10 bits per heavy atom. The molecule has 0 aromatic carbocycles. The molecule has 1 aromatic rings. The number of aromatic nitrogens is 2. The number of carbonyl (C=O) groups excluding carboxylic acids is 1. The zero-order chi connectivity index (χ0) is 14.4. The van der Waals surface area contributed by atoms with Crippen LogP contribution in [0.1, 0.15) is 33.1 Å². The largest absolute Gasteiger partial charge is 0.334 e. The summed E-state index contributed by atoms with van der Waals surface area (Å²) >= 11 is 3.21. The van der Waals surface area contributed by atoms with Crippen LogP contribution in [0.4, 0.5) is 5.13 Å². The van der Waals surface area contributed by atoms with Gasteiger partial charge in [-0.15, -0.1) is 10.2 Å². The van der Waals surface area contributed by atoms with E-state index in [9.17, 15) is 4.79 Å². The third kappa shape index (κ3) is 5.03. The number of anilines is 1. The average Bonchev–Trinajstić information content (AvgIpc) is 2.87. The summed E-state index contributed by atoms with van der Waals surface area (Å²) in [4.78, 5) is 13.3. The fourth-order valence-corrected chi connectivity index (χ4v) is 4.02. The highest BCUT2D eigenvalue weighted by atomic mass is 32.2. The molecule has 0 aliphatic carbocycles. The van der Waals surface area contributed by atoms with Crippen LogP contribution < -0.4 is 10.2 Å². The first kappa shape index (κ1) is 15.7. The van der Waals surface area contributed by atoms with E-state index in [1.165, 1.54) is 50.2 Å². The summed E-state index contributed by atoms with van der Waals surface area (Å²) in [7, 11) is 0. The van der Waals surface area contributed by atoms with Gasteiger partial charge in [-0.25, -0.2) is 0 Å². The standard InChI is InChI=1S/C13H22N4OS2/c1-10(2)11(18)14-12-15-16-13(20-12)19-9-8-17-6-4-3-5-7-17/h10H,3-9H2,1-2H3,(H,14,15,18)/p+1. The Bertz CT molecular complexity index is 430. The molecule has 7 heteroatoms. The second kappa shape index (κ2) is 7.95. The Morgan fingerprint density at radius 1 is 1.35 bits per heavy atom. The van der Waals surface area contributed by atoms with E-state index in [2.05, 4.69) is 15.5 Å². The SMILES string of the molecule is CC(C)C(=O)Nc1nnc(SCC[NH+]2CCCCC2)s1. The molecular weight excluding hydrogens is 292 g/mol. The van der Waals surface area contributed by atoms with Crippen molar-refractivity contribution in [1.82, 2.24) is 10.2 Å². The van der Waals surface area contributed by atoms with Crippen LogP contribution in [-0.2, 0) is 4.79 Å². The van der Waals surface area contributed by atoms with Crippen molar-refractivity contribution in [2.75, 3.05) is 30.7 Å². The van der Waals surface area contributed by atoms with Crippen LogP contribution in [0.5, 0.6) is 0 Å². The van der Waals surface area contributed by atoms with Crippen molar-refractivity contribution in [2.45, 2.75) is 37.4 Å². The molecule has 0 saturated carbocycles. The molecule has 1 aromatic heterocycles. The van der Waals surface area contributed by atoms with Crippen LogP contribution in [0.2, 0.25) is 0 Å². The molecule has 112 valence electrons. The number of nitrogens with one attached hydrogen (secondary N) is 2. The monoisotopic (exact) mass is 315 g/mol. The number of nitrogens with zero attached hydrogens (tertiary/aromatic N) is 2. The summed E-state index contributed by atoms with van der Waals surface area (Å²) < 4.78 is 0.945. The number of thioether (sulfide) groups is 1. The first-order chi connectivity index (χ1) is 9.65. The minimum Gasteiger partial charge on any atom is -0.334 e. The molecule has 1 aliphatic heterocycles. The summed E-state index contributed by atoms with van der Waals surface area (Å²) in [6.07, 6.45) is 4.13. The number of carbonyl (C=O) groups is 1. The van der Waals surface area contributed by atoms with E-state index in [4.69, 9.17) is 0 Å². The van der Waals surface area contributed by atoms with Crippen LogP contribution in [0.25, 0.3) is 0 Å². The maximum atomic E-state index is 11.6. The Hall–Kier alpha value is -0.660. The zero-order valence-corrected chi connectivity index (χ0v) is 13.8. The predicted octanol–water partition coefficient (Wildman–Crippen LogP) is 1.29. The van der Waals surface area contributed by atoms with E-state index in [-0.39, 0.29) is 11.8 Å². The molecule has 0 radical (unpaired) electrons. The van der Waals surface area contributed by atoms with Crippen LogP contribution >= 0.6 is 23.1 Å². The minimum absolute atomic E-state index is 0.00420. The van der Waals surface area contributed by atoms with Crippen molar-refractivity contribution >= 4 is 34.1 Å². The van der Waals surface area contributed by atoms with Gasteiger partial charge in [0.1, 0.15) is 0 Å². The smallest absolute Gasteiger partial charge is 0.228 e. The summed E-state index contributed by atoms with van der Waals surface area (Å²) in [6.45, 7) is 7.55. The molecule has 2 rings (SSSR count). The van der Waals surface area contributed by atoms with Crippen molar-refractivity contribution in [1.29, 1.82) is 0 Å². The van der Waals surface area contributed by atoms with Crippen LogP contribution in [-0.4, -0.2) is 41.5 Å². The molecule has 1 saturated heterocycles. The molecular formula is C13H23N4OS2+. The molecule has 5 nitrogen and oxygen atoms in total. The van der Waals surface area contributed by atoms with Gasteiger partial charge in [0, 0.05) is 11.7 Å². The number of hydrogen-bond donors (Lipinski definition) is 2. The summed E-state index contributed by atoms with van der Waals surface area (Å²) in [5, 5.41) is 11.5. The van der Waals surface area contributed by atoms with E-state index >= 15 is 0 Å². The molecule has 1 fully saturated rings. The second-order valence-electron chi connectivity index (χ2n) is 5.43. The lowest BCUT2D eigenvalue weighted by Gasteiger charge is -2.22. The first-order valence-electron chi connectivity index (χ1n) is 7.26. The Morgan fingerprint density at radius 3 is 2.80 bits per heavy atom. The number of amides is 1. The van der Waals surface area contributed by atoms with Crippen LogP contribution in [0.3, 0.4) is 0 Å². The van der Waals surface area contributed by atoms with Gasteiger partial charge in [-0.2, -0.15) is 0 Å². The van der Waals surface area contributed by atoms with Crippen molar-refractivity contribution in [3.8, 4) is 0 Å². The lowest BCUT2D eigenvalue weighted by Crippen LogP contribution is -3.13. The Balaban J connectivity index is 1.71. The first-order valence-corrected chi connectivity index (χ1v) is 9.06. The lowest BCUT2D eigenvalue weighted by atomic mass is 10.1. The van der Waals surface area contributed by atoms with E-state index < -0.39 is 0 Å². The van der Waals surface area contributed by atoms with Crippen LogP contribution in [0.15, 0.2) is 4.34 Å². The third-order valence-corrected chi connectivity index (χ3v) is 5.38. The van der Waals surface area contributed by atoms with Gasteiger partial charge < -0.3 is 10.2 Å². The van der Waals surface area contributed by atoms with E-state index in [1.807, 2.05) is 13.8 Å². The molecule has 0 unspecified atom stereocenters. The van der Waals surface area contributed by atoms with E-state index in [0.717, 1.165) is 10.1 Å². The van der Waals surface area contributed by atoms with Crippen molar-refractivity contribution < 1.29 is 9.69 Å². The van der Waals surface area contributed by atoms with Gasteiger partial charge >= 0.3 is 0 Å². The quantitative estimate of drug-likeness (QED) is 0.613. The van der Waals surface area contributed by atoms with Gasteiger partial charge in [-0.05, 0) is 19.3 Å². The molecule has 0 atom stereocenters.